The molecule has 1 unspecified atom stereocenters. The number of nitrogens with zero attached hydrogens (tertiary/aromatic N) is 2. The first-order valence-corrected chi connectivity index (χ1v) is 5.72. The number of carbonyl (C=O) groups is 2. The number of nitrogens with two attached hydrogens (primary N) is 1. The van der Waals surface area contributed by atoms with E-state index in [1.54, 1.807) is 12.1 Å². The Morgan fingerprint density at radius 2 is 2.33 bits per heavy atom. The van der Waals surface area contributed by atoms with Gasteiger partial charge in [-0.2, -0.15) is 5.26 Å². The van der Waals surface area contributed by atoms with Gasteiger partial charge in [0, 0.05) is 12.1 Å². The Kier molecular flexibility index (Phi) is 3.28. The maximum atomic E-state index is 11.3. The number of hydrogen-bond acceptors (Lipinski definition) is 4. The third-order valence-electron chi connectivity index (χ3n) is 3.17. The third-order valence-corrected chi connectivity index (χ3v) is 3.17. The fourth-order valence-corrected chi connectivity index (χ4v) is 2.32. The number of hydrogen-bond donors (Lipinski definition) is 1. The first-order chi connectivity index (χ1) is 8.67. The molecule has 5 heteroatoms. The number of carbonyl (C=O) groups excluding carboxylic acids is 2. The normalized spacial score (nSPS) is 18.4. The van der Waals surface area contributed by atoms with Crippen LogP contribution in [0.3, 0.4) is 0 Å². The lowest BCUT2D eigenvalue weighted by molar-refractivity contribution is -0.119. The van der Waals surface area contributed by atoms with Crippen molar-refractivity contribution < 1.29 is 9.59 Å². The Morgan fingerprint density at radius 1 is 1.56 bits per heavy atom. The molecule has 2 rings (SSSR count). The maximum absolute atomic E-state index is 11.3. The third kappa shape index (κ3) is 2.05. The van der Waals surface area contributed by atoms with Gasteiger partial charge in [0.15, 0.2) is 0 Å². The second-order valence-electron chi connectivity index (χ2n) is 4.26. The molecule has 0 aliphatic carbocycles. The maximum Gasteiger partial charge on any atom is 0.240 e. The number of benzene rings is 1. The summed E-state index contributed by atoms with van der Waals surface area (Å²) in [6.07, 6.45) is 2.27. The largest absolute Gasteiger partial charge is 0.368 e. The molecule has 1 aliphatic heterocycles. The highest BCUT2D eigenvalue weighted by molar-refractivity contribution is 5.86. The quantitative estimate of drug-likeness (QED) is 0.796. The van der Waals surface area contributed by atoms with Crippen LogP contribution in [0.5, 0.6) is 0 Å². The molecule has 1 aromatic rings. The van der Waals surface area contributed by atoms with Crippen LogP contribution in [0.2, 0.25) is 0 Å². The van der Waals surface area contributed by atoms with E-state index in [4.69, 9.17) is 11.0 Å². The van der Waals surface area contributed by atoms with E-state index < -0.39 is 0 Å². The van der Waals surface area contributed by atoms with Crippen LogP contribution in [-0.2, 0) is 4.79 Å². The van der Waals surface area contributed by atoms with Crippen LogP contribution in [0.1, 0.15) is 28.8 Å². The van der Waals surface area contributed by atoms with Gasteiger partial charge >= 0.3 is 0 Å². The van der Waals surface area contributed by atoms with E-state index in [0.717, 1.165) is 6.42 Å². The highest BCUT2D eigenvalue weighted by Crippen LogP contribution is 2.28. The lowest BCUT2D eigenvalue weighted by Gasteiger charge is -2.25. The topological polar surface area (TPSA) is 87.2 Å². The second-order valence-corrected chi connectivity index (χ2v) is 4.26. The molecule has 0 aromatic heterocycles. The number of aldehydes is 1. The van der Waals surface area contributed by atoms with Gasteiger partial charge in [0.2, 0.25) is 5.91 Å². The van der Waals surface area contributed by atoms with Gasteiger partial charge in [-0.3, -0.25) is 9.59 Å². The Hall–Kier alpha value is -2.35. The molecule has 1 aliphatic rings. The summed E-state index contributed by atoms with van der Waals surface area (Å²) in [7, 11) is 0. The van der Waals surface area contributed by atoms with Crippen molar-refractivity contribution in [2.75, 3.05) is 11.4 Å². The van der Waals surface area contributed by atoms with Gasteiger partial charge in [0.1, 0.15) is 18.4 Å². The Labute approximate surface area is 105 Å². The summed E-state index contributed by atoms with van der Waals surface area (Å²) in [5, 5.41) is 9.11. The van der Waals surface area contributed by atoms with E-state index in [9.17, 15) is 9.59 Å². The average Bonchev–Trinajstić information content (AvgIpc) is 2.87. The zero-order valence-electron chi connectivity index (χ0n) is 9.80. The molecular formula is C13H13N3O2. The summed E-state index contributed by atoms with van der Waals surface area (Å²) in [5.41, 5.74) is 6.87. The van der Waals surface area contributed by atoms with Gasteiger partial charge in [-0.05, 0) is 31.0 Å². The molecule has 0 bridgehead atoms. The van der Waals surface area contributed by atoms with Crippen LogP contribution in [0.15, 0.2) is 18.2 Å². The Morgan fingerprint density at radius 3 is 2.94 bits per heavy atom. The van der Waals surface area contributed by atoms with E-state index >= 15 is 0 Å². The number of amides is 1. The molecule has 5 nitrogen and oxygen atoms in total. The van der Waals surface area contributed by atoms with E-state index in [-0.39, 0.29) is 11.9 Å². The standard InChI is InChI=1S/C13H13N3O2/c14-7-10-6-9(8-17)3-4-11(10)16-5-1-2-12(16)13(15)18/h3-4,6,8,12H,1-2,5H2,(H2,15,18). The molecule has 1 aromatic carbocycles. The molecule has 92 valence electrons. The highest BCUT2D eigenvalue weighted by atomic mass is 16.1. The summed E-state index contributed by atoms with van der Waals surface area (Å²) in [6, 6.07) is 6.56. The van der Waals surface area contributed by atoms with E-state index in [0.29, 0.717) is 36.1 Å². The van der Waals surface area contributed by atoms with Crippen LogP contribution in [0.4, 0.5) is 5.69 Å². The molecule has 1 fully saturated rings. The minimum atomic E-state index is -0.379. The van der Waals surface area contributed by atoms with Gasteiger partial charge in [-0.15, -0.1) is 0 Å². The SMILES string of the molecule is N#Cc1cc(C=O)ccc1N1CCCC1C(N)=O. The van der Waals surface area contributed by atoms with Crippen molar-refractivity contribution in [3.8, 4) is 6.07 Å². The van der Waals surface area contributed by atoms with Crippen molar-refractivity contribution in [3.63, 3.8) is 0 Å². The summed E-state index contributed by atoms with van der Waals surface area (Å²) in [6.45, 7) is 0.697. The van der Waals surface area contributed by atoms with Crippen molar-refractivity contribution in [3.05, 3.63) is 29.3 Å². The van der Waals surface area contributed by atoms with Crippen molar-refractivity contribution in [1.82, 2.24) is 0 Å². The average molecular weight is 243 g/mol. The second kappa shape index (κ2) is 4.88. The molecule has 1 amide bonds. The molecule has 0 saturated carbocycles. The highest BCUT2D eigenvalue weighted by Gasteiger charge is 2.30. The predicted octanol–water partition coefficient (Wildman–Crippen LogP) is 0.825. The summed E-state index contributed by atoms with van der Waals surface area (Å²) >= 11 is 0. The number of rotatable bonds is 3. The smallest absolute Gasteiger partial charge is 0.240 e. The zero-order valence-corrected chi connectivity index (χ0v) is 9.80. The summed E-state index contributed by atoms with van der Waals surface area (Å²) in [4.78, 5) is 23.9. The monoisotopic (exact) mass is 243 g/mol. The van der Waals surface area contributed by atoms with E-state index in [1.165, 1.54) is 6.07 Å². The van der Waals surface area contributed by atoms with Gasteiger partial charge in [0.05, 0.1) is 11.3 Å². The fourth-order valence-electron chi connectivity index (χ4n) is 2.32. The molecule has 2 N–H and O–H groups in total. The van der Waals surface area contributed by atoms with Crippen molar-refractivity contribution in [2.45, 2.75) is 18.9 Å². The van der Waals surface area contributed by atoms with Crippen LogP contribution in [0.25, 0.3) is 0 Å². The van der Waals surface area contributed by atoms with Crippen LogP contribution >= 0.6 is 0 Å². The fraction of sp³-hybridized carbons (Fsp3) is 0.308. The number of anilines is 1. The van der Waals surface area contributed by atoms with Gasteiger partial charge in [-0.25, -0.2) is 0 Å². The zero-order chi connectivity index (χ0) is 13.1. The molecule has 0 radical (unpaired) electrons. The first-order valence-electron chi connectivity index (χ1n) is 5.72. The van der Waals surface area contributed by atoms with Gasteiger partial charge < -0.3 is 10.6 Å². The van der Waals surface area contributed by atoms with Crippen molar-refractivity contribution in [1.29, 1.82) is 5.26 Å². The van der Waals surface area contributed by atoms with Crippen molar-refractivity contribution >= 4 is 17.9 Å². The molecule has 1 atom stereocenters. The minimum absolute atomic E-state index is 0.362. The van der Waals surface area contributed by atoms with E-state index in [2.05, 4.69) is 6.07 Å². The molecule has 0 spiro atoms. The van der Waals surface area contributed by atoms with Crippen LogP contribution in [-0.4, -0.2) is 24.8 Å². The first kappa shape index (κ1) is 12.1. The molecule has 1 saturated heterocycles. The van der Waals surface area contributed by atoms with E-state index in [1.807, 2.05) is 4.90 Å². The minimum Gasteiger partial charge on any atom is -0.368 e. The lowest BCUT2D eigenvalue weighted by atomic mass is 10.1. The van der Waals surface area contributed by atoms with Gasteiger partial charge in [-0.1, -0.05) is 0 Å². The molecular weight excluding hydrogens is 230 g/mol. The van der Waals surface area contributed by atoms with Crippen LogP contribution < -0.4 is 10.6 Å². The molecule has 18 heavy (non-hydrogen) atoms. The van der Waals surface area contributed by atoms with Crippen LogP contribution in [0, 0.1) is 11.3 Å². The lowest BCUT2D eigenvalue weighted by Crippen LogP contribution is -2.40. The summed E-state index contributed by atoms with van der Waals surface area (Å²) in [5.74, 6) is -0.379. The number of primary amides is 1. The molecule has 1 heterocycles. The predicted molar refractivity (Wildman–Crippen MR) is 66.1 cm³/mol. The Balaban J connectivity index is 2.42. The summed E-state index contributed by atoms with van der Waals surface area (Å²) < 4.78 is 0. The van der Waals surface area contributed by atoms with Gasteiger partial charge in [0.25, 0.3) is 0 Å². The van der Waals surface area contributed by atoms with Crippen molar-refractivity contribution in [2.24, 2.45) is 5.73 Å². The number of nitriles is 1. The Bertz CT molecular complexity index is 534.